The molecule has 1 N–H and O–H groups in total. The molecule has 1 aromatic heterocycles. The van der Waals surface area contributed by atoms with Gasteiger partial charge in [-0.1, -0.05) is 0 Å². The number of aromatic nitrogens is 1. The minimum absolute atomic E-state index is 0.0627. The molecule has 2 aliphatic rings. The van der Waals surface area contributed by atoms with Crippen LogP contribution in [0, 0.1) is 5.92 Å². The van der Waals surface area contributed by atoms with Crippen molar-refractivity contribution in [1.82, 2.24) is 9.88 Å². The van der Waals surface area contributed by atoms with Crippen LogP contribution < -0.4 is 5.32 Å². The number of nitrogens with zero attached hydrogens (tertiary/aromatic N) is 2. The third kappa shape index (κ3) is 5.73. The van der Waals surface area contributed by atoms with Crippen LogP contribution in [0.4, 0.5) is 5.82 Å². The van der Waals surface area contributed by atoms with Gasteiger partial charge >= 0.3 is 0 Å². The van der Waals surface area contributed by atoms with Crippen molar-refractivity contribution in [3.63, 3.8) is 0 Å². The minimum atomic E-state index is -0.524. The van der Waals surface area contributed by atoms with Crippen LogP contribution in [0.3, 0.4) is 0 Å². The lowest BCUT2D eigenvalue weighted by Gasteiger charge is -2.33. The van der Waals surface area contributed by atoms with Crippen molar-refractivity contribution in [2.75, 3.05) is 31.6 Å². The number of halogens is 1. The van der Waals surface area contributed by atoms with Gasteiger partial charge in [-0.3, -0.25) is 9.59 Å². The fraction of sp³-hybridized carbons (Fsp3) is 0.632. The Bertz CT molecular complexity index is 649. The highest BCUT2D eigenvalue weighted by Gasteiger charge is 2.31. The number of hydrogen-bond donors (Lipinski definition) is 1. The minimum Gasteiger partial charge on any atom is -0.376 e. The summed E-state index contributed by atoms with van der Waals surface area (Å²) in [6.07, 6.45) is 4.80. The highest BCUT2D eigenvalue weighted by Crippen LogP contribution is 2.20. The van der Waals surface area contributed by atoms with Crippen LogP contribution in [-0.4, -0.2) is 60.2 Å². The Hall–Kier alpha value is -1.51. The molecule has 3 heterocycles. The molecular weight excluding hydrogens is 414 g/mol. The van der Waals surface area contributed by atoms with Gasteiger partial charge in [0.25, 0.3) is 5.91 Å². The zero-order valence-electron chi connectivity index (χ0n) is 15.5. The number of piperidine rings is 1. The van der Waals surface area contributed by atoms with Gasteiger partial charge in [-0.15, -0.1) is 0 Å². The van der Waals surface area contributed by atoms with Gasteiger partial charge in [-0.25, -0.2) is 4.98 Å². The number of pyridine rings is 1. The summed E-state index contributed by atoms with van der Waals surface area (Å²) < 4.78 is 12.1. The fourth-order valence-corrected chi connectivity index (χ4v) is 3.66. The second kappa shape index (κ2) is 9.61. The fourth-order valence-electron chi connectivity index (χ4n) is 3.43. The summed E-state index contributed by atoms with van der Waals surface area (Å²) >= 11 is 3.32. The third-order valence-electron chi connectivity index (χ3n) is 4.99. The predicted octanol–water partition coefficient (Wildman–Crippen LogP) is 2.61. The molecule has 0 aromatic carbocycles. The monoisotopic (exact) mass is 439 g/mol. The third-order valence-corrected chi connectivity index (χ3v) is 5.46. The quantitative estimate of drug-likeness (QED) is 0.736. The zero-order chi connectivity index (χ0) is 19.2. The van der Waals surface area contributed by atoms with Crippen molar-refractivity contribution >= 4 is 33.6 Å². The van der Waals surface area contributed by atoms with Crippen LogP contribution in [0.15, 0.2) is 22.8 Å². The van der Waals surface area contributed by atoms with Gasteiger partial charge in [-0.05, 0) is 60.7 Å². The molecule has 0 aliphatic carbocycles. The molecule has 3 atom stereocenters. The lowest BCUT2D eigenvalue weighted by Crippen LogP contribution is -2.47. The molecule has 8 heteroatoms. The van der Waals surface area contributed by atoms with Crippen molar-refractivity contribution in [3.05, 3.63) is 22.8 Å². The number of ether oxygens (including phenoxy) is 2. The topological polar surface area (TPSA) is 80.8 Å². The second-order valence-corrected chi connectivity index (χ2v) is 8.00. The van der Waals surface area contributed by atoms with E-state index >= 15 is 0 Å². The van der Waals surface area contributed by atoms with Gasteiger partial charge < -0.3 is 19.7 Å². The molecule has 2 fully saturated rings. The van der Waals surface area contributed by atoms with E-state index in [2.05, 4.69) is 26.2 Å². The van der Waals surface area contributed by atoms with Crippen LogP contribution in [0.25, 0.3) is 0 Å². The summed E-state index contributed by atoms with van der Waals surface area (Å²) in [7, 11) is 0. The van der Waals surface area contributed by atoms with E-state index in [9.17, 15) is 9.59 Å². The highest BCUT2D eigenvalue weighted by atomic mass is 79.9. The molecule has 0 radical (unpaired) electrons. The lowest BCUT2D eigenvalue weighted by molar-refractivity contribution is -0.147. The largest absolute Gasteiger partial charge is 0.376 e. The van der Waals surface area contributed by atoms with Crippen LogP contribution in [0.2, 0.25) is 0 Å². The molecule has 2 saturated heterocycles. The molecule has 2 amide bonds. The first-order valence-electron chi connectivity index (χ1n) is 9.47. The Kier molecular flexibility index (Phi) is 7.20. The Labute approximate surface area is 167 Å². The van der Waals surface area contributed by atoms with E-state index in [1.54, 1.807) is 24.1 Å². The average Bonchev–Trinajstić information content (AvgIpc) is 3.21. The van der Waals surface area contributed by atoms with E-state index in [1.165, 1.54) is 0 Å². The number of rotatable bonds is 6. The summed E-state index contributed by atoms with van der Waals surface area (Å²) in [5.74, 6) is 0.112. The molecule has 27 heavy (non-hydrogen) atoms. The molecule has 3 unspecified atom stereocenters. The highest BCUT2D eigenvalue weighted by molar-refractivity contribution is 9.10. The van der Waals surface area contributed by atoms with E-state index in [-0.39, 0.29) is 23.8 Å². The normalized spacial score (nSPS) is 23.9. The van der Waals surface area contributed by atoms with E-state index in [4.69, 9.17) is 9.47 Å². The molecule has 148 valence electrons. The molecule has 0 saturated carbocycles. The maximum Gasteiger partial charge on any atom is 0.251 e. The second-order valence-electron chi connectivity index (χ2n) is 7.08. The summed E-state index contributed by atoms with van der Waals surface area (Å²) in [6, 6.07) is 3.57. The van der Waals surface area contributed by atoms with Gasteiger partial charge in [0.2, 0.25) is 5.91 Å². The lowest BCUT2D eigenvalue weighted by atomic mass is 9.96. The molecule has 7 nitrogen and oxygen atoms in total. The van der Waals surface area contributed by atoms with E-state index in [0.29, 0.717) is 25.5 Å². The summed E-state index contributed by atoms with van der Waals surface area (Å²) in [5, 5.41) is 2.83. The molecular formula is C19H26BrN3O4. The molecule has 3 rings (SSSR count). The number of hydrogen-bond acceptors (Lipinski definition) is 5. The molecule has 1 aromatic rings. The number of anilines is 1. The first-order chi connectivity index (χ1) is 13.0. The number of carbonyl (C=O) groups is 2. The Morgan fingerprint density at radius 2 is 2.26 bits per heavy atom. The number of nitrogens with one attached hydrogen (secondary N) is 1. The van der Waals surface area contributed by atoms with Crippen LogP contribution in [0.1, 0.15) is 32.6 Å². The van der Waals surface area contributed by atoms with E-state index < -0.39 is 6.10 Å². The SMILES string of the molecule is CC(OCC1CCCO1)C(=O)N1CCCC(C(=O)Nc2ccc(Br)cn2)C1. The van der Waals surface area contributed by atoms with Gasteiger partial charge in [0.15, 0.2) is 0 Å². The summed E-state index contributed by atoms with van der Waals surface area (Å²) in [5.41, 5.74) is 0. The van der Waals surface area contributed by atoms with Crippen LogP contribution in [-0.2, 0) is 19.1 Å². The van der Waals surface area contributed by atoms with Crippen molar-refractivity contribution in [3.8, 4) is 0 Å². The Morgan fingerprint density at radius 3 is 2.96 bits per heavy atom. The van der Waals surface area contributed by atoms with Crippen LogP contribution in [0.5, 0.6) is 0 Å². The number of likely N-dealkylation sites (tertiary alicyclic amines) is 1. The zero-order valence-corrected chi connectivity index (χ0v) is 17.1. The predicted molar refractivity (Wildman–Crippen MR) is 104 cm³/mol. The van der Waals surface area contributed by atoms with Crippen molar-refractivity contribution in [2.24, 2.45) is 5.92 Å². The van der Waals surface area contributed by atoms with Gasteiger partial charge in [0.1, 0.15) is 11.9 Å². The maximum absolute atomic E-state index is 12.7. The molecule has 0 bridgehead atoms. The first kappa shape index (κ1) is 20.2. The maximum atomic E-state index is 12.7. The van der Waals surface area contributed by atoms with Gasteiger partial charge in [-0.2, -0.15) is 0 Å². The van der Waals surface area contributed by atoms with E-state index in [1.807, 2.05) is 6.07 Å². The van der Waals surface area contributed by atoms with Crippen LogP contribution >= 0.6 is 15.9 Å². The van der Waals surface area contributed by atoms with Gasteiger partial charge in [0.05, 0.1) is 18.6 Å². The smallest absolute Gasteiger partial charge is 0.251 e. The average molecular weight is 440 g/mol. The Balaban J connectivity index is 1.49. The number of carbonyl (C=O) groups excluding carboxylic acids is 2. The van der Waals surface area contributed by atoms with E-state index in [0.717, 1.165) is 36.8 Å². The van der Waals surface area contributed by atoms with Gasteiger partial charge in [0, 0.05) is 30.4 Å². The summed E-state index contributed by atoms with van der Waals surface area (Å²) in [4.78, 5) is 31.1. The standard InChI is InChI=1S/C19H26BrN3O4/c1-13(27-12-16-5-3-9-26-16)19(25)23-8-2-4-14(11-23)18(24)22-17-7-6-15(20)10-21-17/h6-7,10,13-14,16H,2-5,8-9,11-12H2,1H3,(H,21,22,24). The van der Waals surface area contributed by atoms with Crippen molar-refractivity contribution in [2.45, 2.75) is 44.8 Å². The van der Waals surface area contributed by atoms with Crippen molar-refractivity contribution in [1.29, 1.82) is 0 Å². The Morgan fingerprint density at radius 1 is 1.41 bits per heavy atom. The molecule has 0 spiro atoms. The van der Waals surface area contributed by atoms with Crippen molar-refractivity contribution < 1.29 is 19.1 Å². The first-order valence-corrected chi connectivity index (χ1v) is 10.3. The molecule has 2 aliphatic heterocycles. The number of amides is 2. The summed E-state index contributed by atoms with van der Waals surface area (Å²) in [6.45, 7) is 4.06.